The van der Waals surface area contributed by atoms with Gasteiger partial charge >= 0.3 is 0 Å². The van der Waals surface area contributed by atoms with Gasteiger partial charge in [0.1, 0.15) is 12.1 Å². The van der Waals surface area contributed by atoms with Crippen molar-refractivity contribution in [3.8, 4) is 0 Å². The zero-order chi connectivity index (χ0) is 13.5. The van der Waals surface area contributed by atoms with Gasteiger partial charge in [-0.1, -0.05) is 19.1 Å². The van der Waals surface area contributed by atoms with Crippen LogP contribution in [0.1, 0.15) is 25.5 Å². The largest absolute Gasteiger partial charge is 0.356 e. The Morgan fingerprint density at radius 3 is 2.65 bits per heavy atom. The number of aryl methyl sites for hydroxylation is 1. The molecule has 3 heterocycles. The first-order valence-electron chi connectivity index (χ1n) is 7.44. The average Bonchev–Trinajstić information content (AvgIpc) is 3.12. The Morgan fingerprint density at radius 2 is 1.95 bits per heavy atom. The third kappa shape index (κ3) is 1.80. The molecule has 104 valence electrons. The van der Waals surface area contributed by atoms with E-state index >= 15 is 0 Å². The van der Waals surface area contributed by atoms with E-state index in [1.807, 2.05) is 4.52 Å². The van der Waals surface area contributed by atoms with Gasteiger partial charge < -0.3 is 4.90 Å². The number of hydrogen-bond donors (Lipinski definition) is 0. The first-order chi connectivity index (χ1) is 9.85. The molecule has 0 N–H and O–H groups in total. The van der Waals surface area contributed by atoms with E-state index in [0.717, 1.165) is 42.9 Å². The minimum atomic E-state index is 0.715. The van der Waals surface area contributed by atoms with Crippen LogP contribution in [0.3, 0.4) is 0 Å². The number of rotatable bonds is 2. The molecule has 0 aromatic carbocycles. The molecule has 4 rings (SSSR count). The highest BCUT2D eigenvalue weighted by atomic mass is 15.4. The van der Waals surface area contributed by atoms with Crippen LogP contribution in [0.25, 0.3) is 5.78 Å². The summed E-state index contributed by atoms with van der Waals surface area (Å²) in [4.78, 5) is 11.2. The summed E-state index contributed by atoms with van der Waals surface area (Å²) < 4.78 is 1.88. The third-order valence-corrected chi connectivity index (χ3v) is 4.59. The lowest BCUT2D eigenvalue weighted by atomic mass is 9.86. The number of anilines is 1. The molecule has 0 saturated carbocycles. The van der Waals surface area contributed by atoms with E-state index in [9.17, 15) is 0 Å². The monoisotopic (exact) mass is 269 g/mol. The quantitative estimate of drug-likeness (QED) is 0.783. The van der Waals surface area contributed by atoms with Crippen molar-refractivity contribution in [2.75, 3.05) is 18.0 Å². The second-order valence-electron chi connectivity index (χ2n) is 5.80. The van der Waals surface area contributed by atoms with Gasteiger partial charge in [0.15, 0.2) is 0 Å². The van der Waals surface area contributed by atoms with E-state index in [2.05, 4.69) is 45.1 Å². The van der Waals surface area contributed by atoms with E-state index in [-0.39, 0.29) is 0 Å². The number of hydrogen-bond acceptors (Lipinski definition) is 4. The van der Waals surface area contributed by atoms with Crippen molar-refractivity contribution < 1.29 is 0 Å². The minimum absolute atomic E-state index is 0.715. The zero-order valence-corrected chi connectivity index (χ0v) is 11.7. The van der Waals surface area contributed by atoms with Crippen LogP contribution in [0.2, 0.25) is 0 Å². The molecule has 1 saturated heterocycles. The van der Waals surface area contributed by atoms with E-state index in [1.165, 1.54) is 12.8 Å². The van der Waals surface area contributed by atoms with Gasteiger partial charge in [-0.25, -0.2) is 4.98 Å². The summed E-state index contributed by atoms with van der Waals surface area (Å²) in [6, 6.07) is 2.17. The van der Waals surface area contributed by atoms with Crippen LogP contribution < -0.4 is 4.90 Å². The Hall–Kier alpha value is -1.91. The van der Waals surface area contributed by atoms with Crippen molar-refractivity contribution in [3.05, 3.63) is 30.2 Å². The normalized spacial score (nSPS) is 25.4. The summed E-state index contributed by atoms with van der Waals surface area (Å²) in [7, 11) is 0. The predicted molar refractivity (Wildman–Crippen MR) is 77.7 cm³/mol. The number of aromatic nitrogens is 4. The maximum atomic E-state index is 4.53. The van der Waals surface area contributed by atoms with Crippen LogP contribution in [0.5, 0.6) is 0 Å². The Balaban J connectivity index is 1.73. The molecule has 2 unspecified atom stereocenters. The van der Waals surface area contributed by atoms with Gasteiger partial charge in [0.2, 0.25) is 0 Å². The van der Waals surface area contributed by atoms with Crippen LogP contribution in [-0.4, -0.2) is 32.7 Å². The molecular weight excluding hydrogens is 250 g/mol. The van der Waals surface area contributed by atoms with E-state index < -0.39 is 0 Å². The van der Waals surface area contributed by atoms with Crippen LogP contribution in [0, 0.1) is 11.8 Å². The maximum Gasteiger partial charge on any atom is 0.254 e. The van der Waals surface area contributed by atoms with Gasteiger partial charge in [-0.15, -0.1) is 0 Å². The van der Waals surface area contributed by atoms with Crippen LogP contribution in [0.4, 0.5) is 5.82 Å². The molecule has 0 amide bonds. The first kappa shape index (κ1) is 11.9. The summed E-state index contributed by atoms with van der Waals surface area (Å²) in [6.07, 6.45) is 9.62. The second kappa shape index (κ2) is 4.58. The number of fused-ring (bicyclic) bond motifs is 2. The van der Waals surface area contributed by atoms with Gasteiger partial charge in [-0.2, -0.15) is 14.6 Å². The highest BCUT2D eigenvalue weighted by molar-refractivity contribution is 5.48. The molecule has 1 aliphatic heterocycles. The fourth-order valence-corrected chi connectivity index (χ4v) is 3.45. The van der Waals surface area contributed by atoms with Gasteiger partial charge in [0.05, 0.1) is 0 Å². The topological polar surface area (TPSA) is 46.3 Å². The third-order valence-electron chi connectivity index (χ3n) is 4.59. The Morgan fingerprint density at radius 1 is 1.20 bits per heavy atom. The van der Waals surface area contributed by atoms with Crippen molar-refractivity contribution in [2.45, 2.75) is 26.2 Å². The molecule has 2 atom stereocenters. The molecule has 0 radical (unpaired) electrons. The maximum absolute atomic E-state index is 4.53. The Labute approximate surface area is 118 Å². The SMILES string of the molecule is CCc1cc(N2CC3CC=CCC3C2)n2ncnc2n1. The van der Waals surface area contributed by atoms with Gasteiger partial charge in [0, 0.05) is 24.8 Å². The van der Waals surface area contributed by atoms with Crippen molar-refractivity contribution in [1.29, 1.82) is 0 Å². The van der Waals surface area contributed by atoms with Crippen molar-refractivity contribution in [3.63, 3.8) is 0 Å². The lowest BCUT2D eigenvalue weighted by molar-refractivity contribution is 0.411. The zero-order valence-electron chi connectivity index (χ0n) is 11.7. The molecule has 2 aromatic rings. The lowest BCUT2D eigenvalue weighted by Gasteiger charge is -2.19. The predicted octanol–water partition coefficient (Wildman–Crippen LogP) is 2.09. The molecule has 1 aliphatic carbocycles. The van der Waals surface area contributed by atoms with Crippen LogP contribution in [0.15, 0.2) is 24.5 Å². The summed E-state index contributed by atoms with van der Waals surface area (Å²) in [5.41, 5.74) is 1.09. The molecule has 20 heavy (non-hydrogen) atoms. The summed E-state index contributed by atoms with van der Waals surface area (Å²) in [6.45, 7) is 4.38. The van der Waals surface area contributed by atoms with Crippen LogP contribution in [-0.2, 0) is 6.42 Å². The molecule has 0 spiro atoms. The molecule has 2 aromatic heterocycles. The molecular formula is C15H19N5. The molecule has 1 fully saturated rings. The second-order valence-corrected chi connectivity index (χ2v) is 5.80. The van der Waals surface area contributed by atoms with Gasteiger partial charge in [0.25, 0.3) is 5.78 Å². The highest BCUT2D eigenvalue weighted by Gasteiger charge is 2.34. The van der Waals surface area contributed by atoms with E-state index in [0.29, 0.717) is 5.78 Å². The Bertz CT molecular complexity index is 643. The van der Waals surface area contributed by atoms with Gasteiger partial charge in [-0.05, 0) is 31.1 Å². The Kier molecular flexibility index (Phi) is 2.72. The highest BCUT2D eigenvalue weighted by Crippen LogP contribution is 2.35. The molecule has 5 heteroatoms. The first-order valence-corrected chi connectivity index (χ1v) is 7.44. The van der Waals surface area contributed by atoms with Crippen molar-refractivity contribution in [1.82, 2.24) is 19.6 Å². The van der Waals surface area contributed by atoms with Crippen molar-refractivity contribution in [2.24, 2.45) is 11.8 Å². The number of nitrogens with zero attached hydrogens (tertiary/aromatic N) is 5. The minimum Gasteiger partial charge on any atom is -0.356 e. The standard InChI is InChI=1S/C15H19N5/c1-2-13-7-14(20-15(18-13)16-10-17-20)19-8-11-5-3-4-6-12(11)9-19/h3-4,7,10-12H,2,5-6,8-9H2,1H3. The smallest absolute Gasteiger partial charge is 0.254 e. The fraction of sp³-hybridized carbons (Fsp3) is 0.533. The van der Waals surface area contributed by atoms with Crippen molar-refractivity contribution >= 4 is 11.6 Å². The van der Waals surface area contributed by atoms with Gasteiger partial charge in [-0.3, -0.25) is 0 Å². The van der Waals surface area contributed by atoms with E-state index in [4.69, 9.17) is 0 Å². The number of allylic oxidation sites excluding steroid dienone is 2. The lowest BCUT2D eigenvalue weighted by Crippen LogP contribution is -2.23. The van der Waals surface area contributed by atoms with Crippen LogP contribution >= 0.6 is 0 Å². The molecule has 5 nitrogen and oxygen atoms in total. The van der Waals surface area contributed by atoms with E-state index in [1.54, 1.807) is 6.33 Å². The fourth-order valence-electron chi connectivity index (χ4n) is 3.45. The average molecular weight is 269 g/mol. The molecule has 0 bridgehead atoms. The summed E-state index contributed by atoms with van der Waals surface area (Å²) >= 11 is 0. The summed E-state index contributed by atoms with van der Waals surface area (Å²) in [5, 5.41) is 4.34. The summed E-state index contributed by atoms with van der Waals surface area (Å²) in [5.74, 6) is 3.44. The molecule has 2 aliphatic rings.